The van der Waals surface area contributed by atoms with Gasteiger partial charge in [0.25, 0.3) is 0 Å². The molecule has 0 aliphatic carbocycles. The normalized spacial score (nSPS) is 15.4. The molecule has 0 heterocycles. The Balaban J connectivity index is 4.92. The minimum absolute atomic E-state index is 0.394. The van der Waals surface area contributed by atoms with Crippen molar-refractivity contribution >= 4 is 0 Å². The lowest BCUT2D eigenvalue weighted by Crippen LogP contribution is -2.30. The summed E-state index contributed by atoms with van der Waals surface area (Å²) in [6, 6.07) is 0. The molecule has 0 rings (SSSR count). The first-order valence-corrected chi connectivity index (χ1v) is 11.3. The lowest BCUT2D eigenvalue weighted by Gasteiger charge is -2.35. The highest BCUT2D eigenvalue weighted by Crippen LogP contribution is 2.34. The molecule has 0 saturated carbocycles. The molecule has 0 aliphatic heterocycles. The maximum absolute atomic E-state index is 6.82. The molecule has 0 bridgehead atoms. The van der Waals surface area contributed by atoms with Gasteiger partial charge in [0.05, 0.1) is 12.2 Å². The number of rotatable bonds is 16. The average molecular weight is 355 g/mol. The van der Waals surface area contributed by atoms with Gasteiger partial charge in [-0.1, -0.05) is 107 Å². The van der Waals surface area contributed by atoms with Gasteiger partial charge in [0, 0.05) is 0 Å². The summed E-state index contributed by atoms with van der Waals surface area (Å²) in [5.41, 5.74) is 0.788. The minimum atomic E-state index is 0.394. The molecule has 1 heteroatoms. The van der Waals surface area contributed by atoms with Gasteiger partial charge in [-0.15, -0.1) is 0 Å². The molecule has 0 amide bonds. The smallest absolute Gasteiger partial charge is 0.0584 e. The molecule has 25 heavy (non-hydrogen) atoms. The van der Waals surface area contributed by atoms with E-state index in [9.17, 15) is 0 Å². The van der Waals surface area contributed by atoms with E-state index in [1.807, 2.05) is 0 Å². The molecule has 2 unspecified atom stereocenters. The Morgan fingerprint density at radius 1 is 0.600 bits per heavy atom. The summed E-state index contributed by atoms with van der Waals surface area (Å²) in [6.07, 6.45) is 16.2. The van der Waals surface area contributed by atoms with E-state index in [0.717, 1.165) is 0 Å². The predicted molar refractivity (Wildman–Crippen MR) is 114 cm³/mol. The second-order valence-electron chi connectivity index (χ2n) is 9.82. The Labute approximate surface area is 160 Å². The summed E-state index contributed by atoms with van der Waals surface area (Å²) >= 11 is 0. The molecule has 0 aromatic rings. The molecule has 0 radical (unpaired) electrons. The number of unbranched alkanes of at least 4 members (excludes halogenated alkanes) is 4. The van der Waals surface area contributed by atoms with Gasteiger partial charge in [-0.05, 0) is 36.5 Å². The fourth-order valence-electron chi connectivity index (χ4n) is 3.47. The summed E-state index contributed by atoms with van der Waals surface area (Å²) in [6.45, 7) is 18.9. The molecule has 2 atom stereocenters. The highest BCUT2D eigenvalue weighted by molar-refractivity contribution is 4.78. The summed E-state index contributed by atoms with van der Waals surface area (Å²) in [7, 11) is 0. The zero-order chi connectivity index (χ0) is 19.3. The molecule has 0 N–H and O–H groups in total. The van der Waals surface area contributed by atoms with Crippen LogP contribution in [0.25, 0.3) is 0 Å². The second kappa shape index (κ2) is 13.2. The zero-order valence-corrected chi connectivity index (χ0v) is 19.0. The third-order valence-corrected chi connectivity index (χ3v) is 6.12. The quantitative estimate of drug-likeness (QED) is 0.252. The topological polar surface area (TPSA) is 9.23 Å². The lowest BCUT2D eigenvalue weighted by atomic mass is 9.81. The van der Waals surface area contributed by atoms with E-state index in [2.05, 4.69) is 55.4 Å². The molecule has 0 spiro atoms. The van der Waals surface area contributed by atoms with E-state index in [-0.39, 0.29) is 0 Å². The Morgan fingerprint density at radius 3 is 1.24 bits per heavy atom. The maximum atomic E-state index is 6.82. The molecule has 1 nitrogen and oxygen atoms in total. The lowest BCUT2D eigenvalue weighted by molar-refractivity contribution is -0.0593. The third-order valence-electron chi connectivity index (χ3n) is 6.12. The van der Waals surface area contributed by atoms with Crippen LogP contribution in [0.15, 0.2) is 0 Å². The molecule has 152 valence electrons. The first-order chi connectivity index (χ1) is 11.7. The average Bonchev–Trinajstić information content (AvgIpc) is 2.54. The van der Waals surface area contributed by atoms with Crippen LogP contribution in [-0.4, -0.2) is 12.2 Å². The van der Waals surface area contributed by atoms with Crippen molar-refractivity contribution in [3.05, 3.63) is 0 Å². The van der Waals surface area contributed by atoms with E-state index in [0.29, 0.717) is 23.0 Å². The Morgan fingerprint density at radius 2 is 0.960 bits per heavy atom. The first-order valence-electron chi connectivity index (χ1n) is 11.3. The van der Waals surface area contributed by atoms with Crippen molar-refractivity contribution in [2.24, 2.45) is 10.8 Å². The molecule has 0 saturated heterocycles. The third kappa shape index (κ3) is 12.9. The monoisotopic (exact) mass is 354 g/mol. The number of ether oxygens (including phenoxy) is 1. The minimum Gasteiger partial charge on any atom is -0.375 e. The van der Waals surface area contributed by atoms with Crippen molar-refractivity contribution in [3.8, 4) is 0 Å². The highest BCUT2D eigenvalue weighted by Gasteiger charge is 2.27. The van der Waals surface area contributed by atoms with Crippen LogP contribution >= 0.6 is 0 Å². The van der Waals surface area contributed by atoms with Crippen molar-refractivity contribution < 1.29 is 4.74 Å². The van der Waals surface area contributed by atoms with Crippen LogP contribution in [-0.2, 0) is 4.74 Å². The highest BCUT2D eigenvalue weighted by atomic mass is 16.5. The van der Waals surface area contributed by atoms with Crippen LogP contribution in [0.3, 0.4) is 0 Å². The van der Waals surface area contributed by atoms with Gasteiger partial charge in [-0.2, -0.15) is 0 Å². The van der Waals surface area contributed by atoms with Crippen molar-refractivity contribution in [2.75, 3.05) is 0 Å². The SMILES string of the molecule is CCCCCC(CC(C)(C)CC)OC(CCCCC)CC(C)(C)CC. The predicted octanol–water partition coefficient (Wildman–Crippen LogP) is 8.55. The summed E-state index contributed by atoms with van der Waals surface area (Å²) in [5.74, 6) is 0. The van der Waals surface area contributed by atoms with Crippen molar-refractivity contribution in [2.45, 2.75) is 145 Å². The number of hydrogen-bond acceptors (Lipinski definition) is 1. The van der Waals surface area contributed by atoms with Gasteiger partial charge in [0.15, 0.2) is 0 Å². The largest absolute Gasteiger partial charge is 0.375 e. The maximum Gasteiger partial charge on any atom is 0.0584 e. The van der Waals surface area contributed by atoms with Crippen LogP contribution in [0.5, 0.6) is 0 Å². The van der Waals surface area contributed by atoms with Crippen LogP contribution in [0, 0.1) is 10.8 Å². The van der Waals surface area contributed by atoms with Crippen LogP contribution in [0.1, 0.15) is 132 Å². The van der Waals surface area contributed by atoms with Gasteiger partial charge in [-0.25, -0.2) is 0 Å². The fraction of sp³-hybridized carbons (Fsp3) is 1.00. The van der Waals surface area contributed by atoms with E-state index in [4.69, 9.17) is 4.74 Å². The van der Waals surface area contributed by atoms with Gasteiger partial charge in [0.1, 0.15) is 0 Å². The van der Waals surface area contributed by atoms with Crippen molar-refractivity contribution in [3.63, 3.8) is 0 Å². The summed E-state index contributed by atoms with van der Waals surface area (Å²) in [4.78, 5) is 0. The zero-order valence-electron chi connectivity index (χ0n) is 19.0. The standard InChI is InChI=1S/C24H50O/c1-9-13-15-17-21(19-23(5,6)11-3)25-22(18-16-14-10-2)20-24(7,8)12-4/h21-22H,9-20H2,1-8H3. The van der Waals surface area contributed by atoms with Crippen molar-refractivity contribution in [1.82, 2.24) is 0 Å². The summed E-state index contributed by atoms with van der Waals surface area (Å²) < 4.78 is 6.82. The molecule has 0 fully saturated rings. The van der Waals surface area contributed by atoms with Crippen LogP contribution < -0.4 is 0 Å². The summed E-state index contributed by atoms with van der Waals surface area (Å²) in [5, 5.41) is 0. The van der Waals surface area contributed by atoms with E-state index >= 15 is 0 Å². The molecule has 0 aromatic carbocycles. The molecule has 0 aromatic heterocycles. The first kappa shape index (κ1) is 25.0. The number of hydrogen-bond donors (Lipinski definition) is 0. The van der Waals surface area contributed by atoms with Crippen molar-refractivity contribution in [1.29, 1.82) is 0 Å². The Kier molecular flexibility index (Phi) is 13.2. The fourth-order valence-corrected chi connectivity index (χ4v) is 3.47. The van der Waals surface area contributed by atoms with E-state index in [1.165, 1.54) is 77.0 Å². The Hall–Kier alpha value is -0.0400. The van der Waals surface area contributed by atoms with E-state index in [1.54, 1.807) is 0 Å². The van der Waals surface area contributed by atoms with Crippen LogP contribution in [0.4, 0.5) is 0 Å². The van der Waals surface area contributed by atoms with Gasteiger partial charge in [0.2, 0.25) is 0 Å². The van der Waals surface area contributed by atoms with Gasteiger partial charge < -0.3 is 4.74 Å². The van der Waals surface area contributed by atoms with Crippen LogP contribution in [0.2, 0.25) is 0 Å². The molecular formula is C24H50O. The van der Waals surface area contributed by atoms with Gasteiger partial charge >= 0.3 is 0 Å². The van der Waals surface area contributed by atoms with E-state index < -0.39 is 0 Å². The molecular weight excluding hydrogens is 304 g/mol. The van der Waals surface area contributed by atoms with Gasteiger partial charge in [-0.3, -0.25) is 0 Å². The molecule has 0 aliphatic rings. The second-order valence-corrected chi connectivity index (χ2v) is 9.82. The Bertz CT molecular complexity index is 275.